The lowest BCUT2D eigenvalue weighted by Crippen LogP contribution is -2.24. The van der Waals surface area contributed by atoms with E-state index >= 15 is 0 Å². The molecule has 0 saturated heterocycles. The lowest BCUT2D eigenvalue weighted by atomic mass is 10.1. The molecule has 0 aliphatic rings. The average molecular weight is 463 g/mol. The number of ketones is 1. The molecule has 6 nitrogen and oxygen atoms in total. The lowest BCUT2D eigenvalue weighted by Gasteiger charge is -2.16. The molecule has 3 rings (SSSR count). The topological polar surface area (TPSA) is 84.5 Å². The molecule has 1 atom stereocenters. The maximum Gasteiger partial charge on any atom is 0.255 e. The second kappa shape index (κ2) is 11.3. The largest absolute Gasteiger partial charge is 0.497 e. The molecule has 0 radical (unpaired) electrons. The quantitative estimate of drug-likeness (QED) is 0.317. The van der Waals surface area contributed by atoms with Gasteiger partial charge >= 0.3 is 0 Å². The van der Waals surface area contributed by atoms with Gasteiger partial charge in [-0.05, 0) is 80.1 Å². The molecule has 2 amide bonds. The monoisotopic (exact) mass is 462 g/mol. The predicted octanol–water partition coefficient (Wildman–Crippen LogP) is 5.66. The highest BCUT2D eigenvalue weighted by molar-refractivity contribution is 8.00. The molecule has 3 aromatic rings. The lowest BCUT2D eigenvalue weighted by molar-refractivity contribution is -0.115. The zero-order valence-corrected chi connectivity index (χ0v) is 19.6. The number of carbonyl (C=O) groups is 3. The highest BCUT2D eigenvalue weighted by Gasteiger charge is 2.18. The van der Waals surface area contributed by atoms with Gasteiger partial charge in [0.05, 0.1) is 12.4 Å². The van der Waals surface area contributed by atoms with Gasteiger partial charge in [0.15, 0.2) is 5.78 Å². The molecule has 1 unspecified atom stereocenters. The van der Waals surface area contributed by atoms with Gasteiger partial charge in [0.25, 0.3) is 5.91 Å². The second-order valence-corrected chi connectivity index (χ2v) is 8.62. The number of benzene rings is 3. The summed E-state index contributed by atoms with van der Waals surface area (Å²) in [4.78, 5) is 37.6. The van der Waals surface area contributed by atoms with Crippen LogP contribution >= 0.6 is 11.8 Å². The van der Waals surface area contributed by atoms with E-state index < -0.39 is 0 Å². The Kier molecular flexibility index (Phi) is 8.27. The van der Waals surface area contributed by atoms with Gasteiger partial charge in [-0.15, -0.1) is 11.8 Å². The standard InChI is InChI=1S/C26H26N2O4S/c1-4-24(26(31)27-20-12-8-18(9-13-20)17(2)29)33-23-7-5-6-21(16-23)28-25(30)19-10-14-22(32-3)15-11-19/h5-16,24H,4H2,1-3H3,(H,27,31)(H,28,30). The zero-order valence-electron chi connectivity index (χ0n) is 18.8. The first kappa shape index (κ1) is 24.1. The van der Waals surface area contributed by atoms with E-state index in [4.69, 9.17) is 4.74 Å². The molecule has 0 aromatic heterocycles. The van der Waals surface area contributed by atoms with Crippen molar-refractivity contribution < 1.29 is 19.1 Å². The zero-order chi connectivity index (χ0) is 23.8. The van der Waals surface area contributed by atoms with Crippen LogP contribution in [0.4, 0.5) is 11.4 Å². The van der Waals surface area contributed by atoms with Crippen LogP contribution in [0.3, 0.4) is 0 Å². The van der Waals surface area contributed by atoms with Gasteiger partial charge in [0.2, 0.25) is 5.91 Å². The Morgan fingerprint density at radius 3 is 2.15 bits per heavy atom. The van der Waals surface area contributed by atoms with Gasteiger partial charge in [-0.1, -0.05) is 13.0 Å². The molecule has 0 heterocycles. The molecule has 2 N–H and O–H groups in total. The summed E-state index contributed by atoms with van der Waals surface area (Å²) in [5.74, 6) is 0.321. The molecule has 0 aliphatic carbocycles. The summed E-state index contributed by atoms with van der Waals surface area (Å²) in [7, 11) is 1.58. The number of carbonyl (C=O) groups excluding carboxylic acids is 3. The van der Waals surface area contributed by atoms with Crippen molar-refractivity contribution in [3.8, 4) is 5.75 Å². The van der Waals surface area contributed by atoms with Crippen molar-refractivity contribution in [1.82, 2.24) is 0 Å². The van der Waals surface area contributed by atoms with Crippen LogP contribution in [0.2, 0.25) is 0 Å². The average Bonchev–Trinajstić information content (AvgIpc) is 2.83. The van der Waals surface area contributed by atoms with Gasteiger partial charge < -0.3 is 15.4 Å². The SMILES string of the molecule is CCC(Sc1cccc(NC(=O)c2ccc(OC)cc2)c1)C(=O)Nc1ccc(C(C)=O)cc1. The predicted molar refractivity (Wildman–Crippen MR) is 132 cm³/mol. The van der Waals surface area contributed by atoms with Gasteiger partial charge in [-0.3, -0.25) is 14.4 Å². The Morgan fingerprint density at radius 1 is 0.879 bits per heavy atom. The third kappa shape index (κ3) is 6.70. The molecule has 33 heavy (non-hydrogen) atoms. The van der Waals surface area contributed by atoms with Crippen molar-refractivity contribution in [2.45, 2.75) is 30.4 Å². The smallest absolute Gasteiger partial charge is 0.255 e. The van der Waals surface area contributed by atoms with Crippen molar-refractivity contribution in [1.29, 1.82) is 0 Å². The number of nitrogens with one attached hydrogen (secondary N) is 2. The summed E-state index contributed by atoms with van der Waals surface area (Å²) in [6.45, 7) is 3.45. The number of hydrogen-bond donors (Lipinski definition) is 2. The normalized spacial score (nSPS) is 11.4. The second-order valence-electron chi connectivity index (χ2n) is 7.35. The Bertz CT molecular complexity index is 1130. The highest BCUT2D eigenvalue weighted by Crippen LogP contribution is 2.29. The number of Topliss-reactive ketones (excluding diaryl/α,β-unsaturated/α-hetero) is 1. The van der Waals surface area contributed by atoms with E-state index in [2.05, 4.69) is 10.6 Å². The number of ether oxygens (including phenoxy) is 1. The minimum Gasteiger partial charge on any atom is -0.497 e. The minimum absolute atomic E-state index is 0.0196. The van der Waals surface area contributed by atoms with Crippen LogP contribution in [0.15, 0.2) is 77.7 Å². The minimum atomic E-state index is -0.315. The summed E-state index contributed by atoms with van der Waals surface area (Å²) in [6, 6.07) is 21.1. The first-order valence-electron chi connectivity index (χ1n) is 10.5. The van der Waals surface area contributed by atoms with Crippen molar-refractivity contribution in [3.63, 3.8) is 0 Å². The van der Waals surface area contributed by atoms with Crippen LogP contribution in [-0.4, -0.2) is 30.0 Å². The summed E-state index contributed by atoms with van der Waals surface area (Å²) in [5, 5.41) is 5.48. The maximum atomic E-state index is 12.8. The van der Waals surface area contributed by atoms with Crippen LogP contribution < -0.4 is 15.4 Å². The number of thioether (sulfide) groups is 1. The summed E-state index contributed by atoms with van der Waals surface area (Å²) >= 11 is 1.43. The van der Waals surface area contributed by atoms with E-state index in [0.717, 1.165) is 4.90 Å². The third-order valence-corrected chi connectivity index (χ3v) is 6.30. The van der Waals surface area contributed by atoms with Gasteiger partial charge in [-0.25, -0.2) is 0 Å². The fourth-order valence-corrected chi connectivity index (χ4v) is 4.10. The number of hydrogen-bond acceptors (Lipinski definition) is 5. The van der Waals surface area contributed by atoms with E-state index in [1.165, 1.54) is 18.7 Å². The van der Waals surface area contributed by atoms with Gasteiger partial charge in [0.1, 0.15) is 5.75 Å². The summed E-state index contributed by atoms with van der Waals surface area (Å²) < 4.78 is 5.12. The van der Waals surface area contributed by atoms with E-state index in [-0.39, 0.29) is 22.8 Å². The molecule has 0 spiro atoms. The maximum absolute atomic E-state index is 12.8. The molecule has 0 aliphatic heterocycles. The fourth-order valence-electron chi connectivity index (χ4n) is 3.09. The third-order valence-electron chi connectivity index (χ3n) is 4.94. The van der Waals surface area contributed by atoms with Crippen LogP contribution in [0, 0.1) is 0 Å². The van der Waals surface area contributed by atoms with Crippen LogP contribution in [0.25, 0.3) is 0 Å². The van der Waals surface area contributed by atoms with Crippen LogP contribution in [0.5, 0.6) is 5.75 Å². The highest BCUT2D eigenvalue weighted by atomic mass is 32.2. The number of rotatable bonds is 9. The van der Waals surface area contributed by atoms with Gasteiger partial charge in [-0.2, -0.15) is 0 Å². The van der Waals surface area contributed by atoms with Crippen molar-refractivity contribution in [3.05, 3.63) is 83.9 Å². The van der Waals surface area contributed by atoms with Crippen molar-refractivity contribution in [2.75, 3.05) is 17.7 Å². The fraction of sp³-hybridized carbons (Fsp3) is 0.192. The van der Waals surface area contributed by atoms with E-state index in [1.54, 1.807) is 55.6 Å². The van der Waals surface area contributed by atoms with E-state index in [1.807, 2.05) is 31.2 Å². The van der Waals surface area contributed by atoms with E-state index in [0.29, 0.717) is 34.7 Å². The Morgan fingerprint density at radius 2 is 1.55 bits per heavy atom. The Labute approximate surface area is 197 Å². The number of anilines is 2. The van der Waals surface area contributed by atoms with E-state index in [9.17, 15) is 14.4 Å². The Balaban J connectivity index is 1.63. The Hall–Kier alpha value is -3.58. The summed E-state index contributed by atoms with van der Waals surface area (Å²) in [5.41, 5.74) is 2.42. The molecular formula is C26H26N2O4S. The van der Waals surface area contributed by atoms with Crippen LogP contribution in [0.1, 0.15) is 41.0 Å². The molecule has 0 bridgehead atoms. The van der Waals surface area contributed by atoms with Crippen molar-refractivity contribution in [2.24, 2.45) is 0 Å². The molecular weight excluding hydrogens is 436 g/mol. The van der Waals surface area contributed by atoms with Crippen molar-refractivity contribution >= 4 is 40.7 Å². The molecule has 0 fully saturated rings. The summed E-state index contributed by atoms with van der Waals surface area (Å²) in [6.07, 6.45) is 0.629. The first-order valence-corrected chi connectivity index (χ1v) is 11.4. The number of amides is 2. The first-order chi connectivity index (χ1) is 15.9. The number of methoxy groups -OCH3 is 1. The molecule has 0 saturated carbocycles. The molecule has 170 valence electrons. The molecule has 7 heteroatoms. The molecule has 3 aromatic carbocycles. The van der Waals surface area contributed by atoms with Gasteiger partial charge in [0, 0.05) is 27.4 Å². The van der Waals surface area contributed by atoms with Crippen LogP contribution in [-0.2, 0) is 4.79 Å².